The van der Waals surface area contributed by atoms with E-state index in [0.29, 0.717) is 22.8 Å². The van der Waals surface area contributed by atoms with Gasteiger partial charge in [0.25, 0.3) is 5.91 Å². The van der Waals surface area contributed by atoms with Crippen LogP contribution in [0, 0.1) is 5.82 Å². The van der Waals surface area contributed by atoms with Gasteiger partial charge in [-0.05, 0) is 66.7 Å². The first-order chi connectivity index (χ1) is 15.7. The molecular formula is C23H16F4N4O2. The molecule has 0 aliphatic carbocycles. The number of amides is 1. The molecule has 4 rings (SSSR count). The third-order valence-corrected chi connectivity index (χ3v) is 4.70. The Morgan fingerprint density at radius 2 is 1.70 bits per heavy atom. The van der Waals surface area contributed by atoms with E-state index in [-0.39, 0.29) is 11.6 Å². The molecule has 1 amide bonds. The quantitative estimate of drug-likeness (QED) is 0.411. The van der Waals surface area contributed by atoms with Gasteiger partial charge >= 0.3 is 12.2 Å². The van der Waals surface area contributed by atoms with Gasteiger partial charge in [-0.3, -0.25) is 4.79 Å². The third kappa shape index (κ3) is 4.84. The monoisotopic (exact) mass is 456 g/mol. The molecular weight excluding hydrogens is 440 g/mol. The SMILES string of the molecule is COc1nc(-c2ccc(F)cc2)n(-c2cccc(NC(=O)c3ccc(C(F)(F)F)cc3)c2)n1. The van der Waals surface area contributed by atoms with Crippen LogP contribution in [0.5, 0.6) is 6.01 Å². The van der Waals surface area contributed by atoms with Crippen molar-refractivity contribution in [2.24, 2.45) is 0 Å². The number of anilines is 1. The lowest BCUT2D eigenvalue weighted by Crippen LogP contribution is -2.13. The van der Waals surface area contributed by atoms with Crippen molar-refractivity contribution in [3.63, 3.8) is 0 Å². The van der Waals surface area contributed by atoms with Gasteiger partial charge in [0.05, 0.1) is 18.4 Å². The molecule has 0 saturated heterocycles. The first-order valence-electron chi connectivity index (χ1n) is 9.60. The lowest BCUT2D eigenvalue weighted by atomic mass is 10.1. The molecule has 6 nitrogen and oxygen atoms in total. The maximum atomic E-state index is 13.3. The molecule has 0 fully saturated rings. The Morgan fingerprint density at radius 1 is 1.00 bits per heavy atom. The fourth-order valence-corrected chi connectivity index (χ4v) is 3.07. The van der Waals surface area contributed by atoms with E-state index in [1.165, 1.54) is 23.9 Å². The van der Waals surface area contributed by atoms with Crippen molar-refractivity contribution < 1.29 is 27.1 Å². The normalized spacial score (nSPS) is 11.3. The van der Waals surface area contributed by atoms with E-state index >= 15 is 0 Å². The van der Waals surface area contributed by atoms with E-state index in [4.69, 9.17) is 4.74 Å². The predicted octanol–water partition coefficient (Wildman–Crippen LogP) is 5.35. The summed E-state index contributed by atoms with van der Waals surface area (Å²) >= 11 is 0. The molecule has 0 bridgehead atoms. The molecule has 0 atom stereocenters. The van der Waals surface area contributed by atoms with Crippen molar-refractivity contribution in [2.45, 2.75) is 6.18 Å². The lowest BCUT2D eigenvalue weighted by Gasteiger charge is -2.10. The van der Waals surface area contributed by atoms with Crippen LogP contribution in [-0.4, -0.2) is 27.8 Å². The molecule has 1 aromatic heterocycles. The molecule has 0 aliphatic heterocycles. The molecule has 0 aliphatic rings. The smallest absolute Gasteiger partial charge is 0.416 e. The van der Waals surface area contributed by atoms with Gasteiger partial charge in [0, 0.05) is 16.8 Å². The molecule has 0 spiro atoms. The number of benzene rings is 3. The van der Waals surface area contributed by atoms with E-state index < -0.39 is 23.5 Å². The number of nitrogens with zero attached hydrogens (tertiary/aromatic N) is 3. The highest BCUT2D eigenvalue weighted by molar-refractivity contribution is 6.04. The van der Waals surface area contributed by atoms with Gasteiger partial charge in [-0.2, -0.15) is 18.2 Å². The second-order valence-corrected chi connectivity index (χ2v) is 6.92. The maximum Gasteiger partial charge on any atom is 0.416 e. The minimum atomic E-state index is -4.48. The average Bonchev–Trinajstić information content (AvgIpc) is 3.24. The molecule has 1 heterocycles. The van der Waals surface area contributed by atoms with Crippen molar-refractivity contribution >= 4 is 11.6 Å². The highest BCUT2D eigenvalue weighted by atomic mass is 19.4. The molecule has 3 aromatic carbocycles. The van der Waals surface area contributed by atoms with Crippen LogP contribution in [0.3, 0.4) is 0 Å². The lowest BCUT2D eigenvalue weighted by molar-refractivity contribution is -0.137. The number of carbonyl (C=O) groups excluding carboxylic acids is 1. The van der Waals surface area contributed by atoms with E-state index in [9.17, 15) is 22.4 Å². The van der Waals surface area contributed by atoms with Gasteiger partial charge < -0.3 is 10.1 Å². The third-order valence-electron chi connectivity index (χ3n) is 4.70. The number of aromatic nitrogens is 3. The summed E-state index contributed by atoms with van der Waals surface area (Å²) in [5.41, 5.74) is 0.732. The van der Waals surface area contributed by atoms with E-state index in [1.807, 2.05) is 0 Å². The Hall–Kier alpha value is -4.21. The van der Waals surface area contributed by atoms with Gasteiger partial charge in [-0.15, -0.1) is 5.10 Å². The Kier molecular flexibility index (Phi) is 5.82. The van der Waals surface area contributed by atoms with Crippen molar-refractivity contribution in [3.8, 4) is 23.1 Å². The number of ether oxygens (including phenoxy) is 1. The molecule has 0 radical (unpaired) electrons. The fourth-order valence-electron chi connectivity index (χ4n) is 3.07. The second kappa shape index (κ2) is 8.73. The summed E-state index contributed by atoms with van der Waals surface area (Å²) in [5, 5.41) is 6.93. The Balaban J connectivity index is 1.62. The van der Waals surface area contributed by atoms with Crippen LogP contribution in [0.15, 0.2) is 72.8 Å². The van der Waals surface area contributed by atoms with E-state index in [1.54, 1.807) is 36.4 Å². The van der Waals surface area contributed by atoms with Gasteiger partial charge in [0.1, 0.15) is 5.82 Å². The molecule has 10 heteroatoms. The molecule has 33 heavy (non-hydrogen) atoms. The summed E-state index contributed by atoms with van der Waals surface area (Å²) in [5.74, 6) is -0.585. The van der Waals surface area contributed by atoms with Crippen LogP contribution >= 0.6 is 0 Å². The molecule has 0 saturated carbocycles. The second-order valence-electron chi connectivity index (χ2n) is 6.92. The zero-order chi connectivity index (χ0) is 23.6. The summed E-state index contributed by atoms with van der Waals surface area (Å²) < 4.78 is 58.1. The van der Waals surface area contributed by atoms with E-state index in [0.717, 1.165) is 24.3 Å². The molecule has 0 unspecified atom stereocenters. The number of hydrogen-bond acceptors (Lipinski definition) is 4. The first kappa shape index (κ1) is 22.0. The average molecular weight is 456 g/mol. The van der Waals surface area contributed by atoms with Crippen LogP contribution in [0.25, 0.3) is 17.1 Å². The number of carbonyl (C=O) groups is 1. The summed E-state index contributed by atoms with van der Waals surface area (Å²) in [7, 11) is 1.41. The number of rotatable bonds is 5. The standard InChI is InChI=1S/C23H16F4N4O2/c1-33-22-29-20(14-7-11-17(24)12-8-14)31(30-22)19-4-2-3-18(13-19)28-21(32)15-5-9-16(10-6-15)23(25,26)27/h2-13H,1H3,(H,28,32). The highest BCUT2D eigenvalue weighted by Crippen LogP contribution is 2.29. The largest absolute Gasteiger partial charge is 0.466 e. The summed E-state index contributed by atoms with van der Waals surface area (Å²) in [6.45, 7) is 0. The summed E-state index contributed by atoms with van der Waals surface area (Å²) in [4.78, 5) is 16.8. The van der Waals surface area contributed by atoms with Crippen molar-refractivity contribution in [1.29, 1.82) is 0 Å². The minimum absolute atomic E-state index is 0.0721. The number of methoxy groups -OCH3 is 1. The van der Waals surface area contributed by atoms with Crippen molar-refractivity contribution in [3.05, 3.63) is 89.7 Å². The minimum Gasteiger partial charge on any atom is -0.466 e. The number of nitrogens with one attached hydrogen (secondary N) is 1. The Morgan fingerprint density at radius 3 is 2.33 bits per heavy atom. The van der Waals surface area contributed by atoms with Crippen LogP contribution in [-0.2, 0) is 6.18 Å². The van der Waals surface area contributed by atoms with Gasteiger partial charge in [-0.25, -0.2) is 9.07 Å². The van der Waals surface area contributed by atoms with Crippen LogP contribution < -0.4 is 10.1 Å². The van der Waals surface area contributed by atoms with Crippen LogP contribution in [0.4, 0.5) is 23.2 Å². The zero-order valence-corrected chi connectivity index (χ0v) is 17.1. The predicted molar refractivity (Wildman–Crippen MR) is 113 cm³/mol. The van der Waals surface area contributed by atoms with Crippen molar-refractivity contribution in [2.75, 3.05) is 12.4 Å². The Labute approximate surface area is 185 Å². The van der Waals surface area contributed by atoms with E-state index in [2.05, 4.69) is 15.4 Å². The summed E-state index contributed by atoms with van der Waals surface area (Å²) in [6.07, 6.45) is -4.48. The van der Waals surface area contributed by atoms with Gasteiger partial charge in [0.2, 0.25) is 0 Å². The Bertz CT molecular complexity index is 1280. The molecule has 168 valence electrons. The molecule has 1 N–H and O–H groups in total. The van der Waals surface area contributed by atoms with Crippen LogP contribution in [0.1, 0.15) is 15.9 Å². The molecule has 4 aromatic rings. The first-order valence-corrected chi connectivity index (χ1v) is 9.60. The fraction of sp³-hybridized carbons (Fsp3) is 0.0870. The number of hydrogen-bond donors (Lipinski definition) is 1. The summed E-state index contributed by atoms with van der Waals surface area (Å²) in [6, 6.07) is 16.3. The van der Waals surface area contributed by atoms with Crippen molar-refractivity contribution in [1.82, 2.24) is 14.8 Å². The zero-order valence-electron chi connectivity index (χ0n) is 17.1. The number of alkyl halides is 3. The maximum absolute atomic E-state index is 13.3. The highest BCUT2D eigenvalue weighted by Gasteiger charge is 2.30. The van der Waals surface area contributed by atoms with Gasteiger partial charge in [-0.1, -0.05) is 6.07 Å². The number of halogens is 4. The van der Waals surface area contributed by atoms with Gasteiger partial charge in [0.15, 0.2) is 5.82 Å². The topological polar surface area (TPSA) is 69.0 Å². The van der Waals surface area contributed by atoms with Crippen LogP contribution in [0.2, 0.25) is 0 Å².